The molecular formula is C13H23N5O. The summed E-state index contributed by atoms with van der Waals surface area (Å²) in [5, 5.41) is 6.22. The van der Waals surface area contributed by atoms with Crippen LogP contribution in [0.1, 0.15) is 39.5 Å². The Balaban J connectivity index is 2.01. The van der Waals surface area contributed by atoms with Crippen LogP contribution in [0.5, 0.6) is 6.01 Å². The minimum absolute atomic E-state index is 0.377. The summed E-state index contributed by atoms with van der Waals surface area (Å²) < 4.78 is 5.47. The molecule has 1 aromatic heterocycles. The largest absolute Gasteiger partial charge is 0.463 e. The zero-order valence-electron chi connectivity index (χ0n) is 12.0. The number of nitrogens with one attached hydrogen (secondary N) is 2. The normalized spacial score (nSPS) is 16.6. The smallest absolute Gasteiger partial charge is 0.323 e. The molecule has 0 saturated heterocycles. The van der Waals surface area contributed by atoms with E-state index in [4.69, 9.17) is 4.74 Å². The molecule has 1 fully saturated rings. The minimum atomic E-state index is 0.377. The van der Waals surface area contributed by atoms with E-state index in [0.29, 0.717) is 29.9 Å². The number of aromatic nitrogens is 3. The molecule has 0 amide bonds. The van der Waals surface area contributed by atoms with Crippen LogP contribution in [0.2, 0.25) is 0 Å². The monoisotopic (exact) mass is 265 g/mol. The second-order valence-electron chi connectivity index (χ2n) is 5.38. The van der Waals surface area contributed by atoms with Crippen LogP contribution in [0.15, 0.2) is 0 Å². The van der Waals surface area contributed by atoms with Gasteiger partial charge in [0.1, 0.15) is 0 Å². The van der Waals surface area contributed by atoms with Gasteiger partial charge in [0.2, 0.25) is 11.9 Å². The highest BCUT2D eigenvalue weighted by atomic mass is 16.5. The standard InChI is InChI=1S/C13H23N5O/c1-4-8-19-12-17-10(14-3)16-11(18-12)15-9-13(2)6-5-7-13/h4-9H2,1-3H3,(H2,14,15,16,17,18). The Hall–Kier alpha value is -1.59. The zero-order valence-corrected chi connectivity index (χ0v) is 12.0. The van der Waals surface area contributed by atoms with E-state index in [1.54, 1.807) is 7.05 Å². The van der Waals surface area contributed by atoms with E-state index in [-0.39, 0.29) is 0 Å². The van der Waals surface area contributed by atoms with Crippen LogP contribution in [0.25, 0.3) is 0 Å². The second-order valence-corrected chi connectivity index (χ2v) is 5.38. The molecule has 0 aliphatic heterocycles. The molecule has 106 valence electrons. The summed E-state index contributed by atoms with van der Waals surface area (Å²) >= 11 is 0. The van der Waals surface area contributed by atoms with Gasteiger partial charge in [-0.05, 0) is 24.7 Å². The van der Waals surface area contributed by atoms with Crippen molar-refractivity contribution in [3.05, 3.63) is 0 Å². The van der Waals surface area contributed by atoms with Gasteiger partial charge < -0.3 is 15.4 Å². The van der Waals surface area contributed by atoms with Gasteiger partial charge in [0, 0.05) is 13.6 Å². The number of hydrogen-bond acceptors (Lipinski definition) is 6. The molecule has 0 aromatic carbocycles. The van der Waals surface area contributed by atoms with Gasteiger partial charge in [0.15, 0.2) is 0 Å². The second kappa shape index (κ2) is 6.04. The molecular weight excluding hydrogens is 242 g/mol. The lowest BCUT2D eigenvalue weighted by molar-refractivity contribution is 0.179. The van der Waals surface area contributed by atoms with Crippen LogP contribution < -0.4 is 15.4 Å². The predicted molar refractivity (Wildman–Crippen MR) is 75.6 cm³/mol. The van der Waals surface area contributed by atoms with E-state index in [9.17, 15) is 0 Å². The van der Waals surface area contributed by atoms with E-state index in [0.717, 1.165) is 13.0 Å². The first kappa shape index (κ1) is 13.8. The maximum absolute atomic E-state index is 5.47. The summed E-state index contributed by atoms with van der Waals surface area (Å²) in [6.07, 6.45) is 4.79. The quantitative estimate of drug-likeness (QED) is 0.788. The van der Waals surface area contributed by atoms with Gasteiger partial charge >= 0.3 is 6.01 Å². The van der Waals surface area contributed by atoms with Crippen LogP contribution in [0, 0.1) is 5.41 Å². The molecule has 19 heavy (non-hydrogen) atoms. The molecule has 0 spiro atoms. The Kier molecular flexibility index (Phi) is 4.39. The van der Waals surface area contributed by atoms with Crippen molar-refractivity contribution >= 4 is 11.9 Å². The van der Waals surface area contributed by atoms with Crippen LogP contribution >= 0.6 is 0 Å². The Morgan fingerprint density at radius 2 is 1.95 bits per heavy atom. The fourth-order valence-corrected chi connectivity index (χ4v) is 2.05. The van der Waals surface area contributed by atoms with E-state index in [2.05, 4.69) is 39.4 Å². The lowest BCUT2D eigenvalue weighted by Gasteiger charge is -2.38. The average Bonchev–Trinajstić information content (AvgIpc) is 2.40. The summed E-state index contributed by atoms with van der Waals surface area (Å²) in [6.45, 7) is 5.85. The minimum Gasteiger partial charge on any atom is -0.463 e. The highest BCUT2D eigenvalue weighted by molar-refractivity contribution is 5.35. The van der Waals surface area contributed by atoms with Crippen molar-refractivity contribution in [2.75, 3.05) is 30.8 Å². The molecule has 0 radical (unpaired) electrons. The molecule has 2 rings (SSSR count). The molecule has 1 heterocycles. The molecule has 0 unspecified atom stereocenters. The topological polar surface area (TPSA) is 72.0 Å². The van der Waals surface area contributed by atoms with Gasteiger partial charge in [-0.15, -0.1) is 0 Å². The van der Waals surface area contributed by atoms with Gasteiger partial charge in [0.05, 0.1) is 6.61 Å². The molecule has 2 N–H and O–H groups in total. The summed E-state index contributed by atoms with van der Waals surface area (Å²) in [6, 6.07) is 0.377. The third kappa shape index (κ3) is 3.68. The molecule has 1 saturated carbocycles. The Morgan fingerprint density at radius 3 is 2.53 bits per heavy atom. The maximum Gasteiger partial charge on any atom is 0.323 e. The maximum atomic E-state index is 5.47. The first-order valence-corrected chi connectivity index (χ1v) is 6.96. The Labute approximate surface area is 114 Å². The van der Waals surface area contributed by atoms with Crippen LogP contribution in [-0.4, -0.2) is 35.2 Å². The molecule has 1 aliphatic rings. The van der Waals surface area contributed by atoms with E-state index in [1.807, 2.05) is 0 Å². The van der Waals surface area contributed by atoms with Crippen LogP contribution in [-0.2, 0) is 0 Å². The fourth-order valence-electron chi connectivity index (χ4n) is 2.05. The third-order valence-corrected chi connectivity index (χ3v) is 3.51. The zero-order chi connectivity index (χ0) is 13.7. The highest BCUT2D eigenvalue weighted by Gasteiger charge is 2.31. The SMILES string of the molecule is CCCOc1nc(NC)nc(NCC2(C)CCC2)n1. The Bertz CT molecular complexity index is 419. The summed E-state index contributed by atoms with van der Waals surface area (Å²) in [4.78, 5) is 12.8. The van der Waals surface area contributed by atoms with Crippen molar-refractivity contribution in [3.8, 4) is 6.01 Å². The van der Waals surface area contributed by atoms with E-state index >= 15 is 0 Å². The number of hydrogen-bond donors (Lipinski definition) is 2. The van der Waals surface area contributed by atoms with Crippen molar-refractivity contribution < 1.29 is 4.74 Å². The molecule has 6 nitrogen and oxygen atoms in total. The van der Waals surface area contributed by atoms with E-state index < -0.39 is 0 Å². The van der Waals surface area contributed by atoms with Gasteiger partial charge in [-0.1, -0.05) is 20.3 Å². The first-order valence-electron chi connectivity index (χ1n) is 6.96. The summed E-state index contributed by atoms with van der Waals surface area (Å²) in [5.74, 6) is 1.11. The molecule has 1 aromatic rings. The molecule has 0 atom stereocenters. The summed E-state index contributed by atoms with van der Waals surface area (Å²) in [5.41, 5.74) is 0.386. The van der Waals surface area contributed by atoms with Crippen molar-refractivity contribution in [2.24, 2.45) is 5.41 Å². The molecule has 6 heteroatoms. The first-order chi connectivity index (χ1) is 9.15. The lowest BCUT2D eigenvalue weighted by atomic mass is 9.70. The number of nitrogens with zero attached hydrogens (tertiary/aromatic N) is 3. The molecule has 0 bridgehead atoms. The van der Waals surface area contributed by atoms with Gasteiger partial charge in [-0.3, -0.25) is 0 Å². The van der Waals surface area contributed by atoms with Crippen LogP contribution in [0.4, 0.5) is 11.9 Å². The number of ether oxygens (including phenoxy) is 1. The van der Waals surface area contributed by atoms with Crippen LogP contribution in [0.3, 0.4) is 0 Å². The number of anilines is 2. The summed E-state index contributed by atoms with van der Waals surface area (Å²) in [7, 11) is 1.79. The van der Waals surface area contributed by atoms with Gasteiger partial charge in [-0.25, -0.2) is 0 Å². The Morgan fingerprint density at radius 1 is 1.21 bits per heavy atom. The highest BCUT2D eigenvalue weighted by Crippen LogP contribution is 2.40. The van der Waals surface area contributed by atoms with Crippen molar-refractivity contribution in [1.82, 2.24) is 15.0 Å². The third-order valence-electron chi connectivity index (χ3n) is 3.51. The van der Waals surface area contributed by atoms with Crippen molar-refractivity contribution in [2.45, 2.75) is 39.5 Å². The van der Waals surface area contributed by atoms with Crippen molar-refractivity contribution in [3.63, 3.8) is 0 Å². The number of rotatable bonds is 7. The van der Waals surface area contributed by atoms with Crippen molar-refractivity contribution in [1.29, 1.82) is 0 Å². The van der Waals surface area contributed by atoms with E-state index in [1.165, 1.54) is 19.3 Å². The fraction of sp³-hybridized carbons (Fsp3) is 0.769. The van der Waals surface area contributed by atoms with Gasteiger partial charge in [-0.2, -0.15) is 15.0 Å². The van der Waals surface area contributed by atoms with Gasteiger partial charge in [0.25, 0.3) is 0 Å². The predicted octanol–water partition coefficient (Wildman–Crippen LogP) is 2.30. The average molecular weight is 265 g/mol. The lowest BCUT2D eigenvalue weighted by Crippen LogP contribution is -2.33. The molecule has 1 aliphatic carbocycles.